The van der Waals surface area contributed by atoms with E-state index in [9.17, 15) is 4.79 Å². The topological polar surface area (TPSA) is 32.3 Å². The number of hydrogen-bond donors (Lipinski definition) is 1. The van der Waals surface area contributed by atoms with Gasteiger partial charge in [-0.05, 0) is 32.2 Å². The van der Waals surface area contributed by atoms with Crippen LogP contribution in [-0.4, -0.2) is 37.0 Å². The maximum atomic E-state index is 12.1. The van der Waals surface area contributed by atoms with Gasteiger partial charge in [-0.2, -0.15) is 0 Å². The molecular weight excluding hydrogens is 188 g/mol. The Morgan fingerprint density at radius 1 is 1.53 bits per heavy atom. The van der Waals surface area contributed by atoms with Gasteiger partial charge in [0, 0.05) is 25.6 Å². The number of piperidine rings is 1. The fraction of sp³-hybridized carbons (Fsp3) is 0.917. The van der Waals surface area contributed by atoms with Crippen LogP contribution in [0.3, 0.4) is 0 Å². The molecule has 2 atom stereocenters. The Morgan fingerprint density at radius 3 is 2.73 bits per heavy atom. The van der Waals surface area contributed by atoms with Gasteiger partial charge in [0.1, 0.15) is 0 Å². The van der Waals surface area contributed by atoms with Crippen molar-refractivity contribution < 1.29 is 4.79 Å². The van der Waals surface area contributed by atoms with Crippen LogP contribution < -0.4 is 5.32 Å². The molecule has 1 N–H and O–H groups in total. The highest BCUT2D eigenvalue weighted by molar-refractivity contribution is 5.78. The van der Waals surface area contributed by atoms with Crippen LogP contribution in [0.25, 0.3) is 0 Å². The number of carbonyl (C=O) groups is 1. The second kappa shape index (κ2) is 5.50. The lowest BCUT2D eigenvalue weighted by Crippen LogP contribution is -2.43. The highest BCUT2D eigenvalue weighted by Crippen LogP contribution is 2.18. The second-order valence-electron chi connectivity index (χ2n) is 5.19. The van der Waals surface area contributed by atoms with Crippen molar-refractivity contribution in [2.45, 2.75) is 39.7 Å². The molecule has 0 aromatic carbocycles. The zero-order chi connectivity index (χ0) is 11.4. The molecule has 1 saturated heterocycles. The van der Waals surface area contributed by atoms with E-state index < -0.39 is 0 Å². The minimum atomic E-state index is 0.241. The molecule has 3 nitrogen and oxygen atoms in total. The SMILES string of the molecule is CC(C)CN(C)C(=O)[C@H]1CCN[C@@H](C)C1. The average Bonchev–Trinajstić information content (AvgIpc) is 2.15. The number of nitrogens with one attached hydrogen (secondary N) is 1. The molecule has 1 fully saturated rings. The molecule has 3 heteroatoms. The van der Waals surface area contributed by atoms with Crippen molar-refractivity contribution in [3.8, 4) is 0 Å². The smallest absolute Gasteiger partial charge is 0.225 e. The molecule has 0 bridgehead atoms. The van der Waals surface area contributed by atoms with Gasteiger partial charge in [-0.1, -0.05) is 13.8 Å². The van der Waals surface area contributed by atoms with Crippen LogP contribution in [0.15, 0.2) is 0 Å². The summed E-state index contributed by atoms with van der Waals surface area (Å²) in [6.07, 6.45) is 1.98. The van der Waals surface area contributed by atoms with E-state index in [0.717, 1.165) is 25.9 Å². The van der Waals surface area contributed by atoms with Crippen LogP contribution in [-0.2, 0) is 4.79 Å². The lowest BCUT2D eigenvalue weighted by atomic mass is 9.92. The third-order valence-corrected chi connectivity index (χ3v) is 2.99. The van der Waals surface area contributed by atoms with Crippen molar-refractivity contribution >= 4 is 5.91 Å². The first-order chi connectivity index (χ1) is 7.00. The summed E-state index contributed by atoms with van der Waals surface area (Å²) in [4.78, 5) is 14.0. The van der Waals surface area contributed by atoms with Crippen LogP contribution in [0, 0.1) is 11.8 Å². The summed E-state index contributed by atoms with van der Waals surface area (Å²) in [5.74, 6) is 1.13. The summed E-state index contributed by atoms with van der Waals surface area (Å²) in [5, 5.41) is 3.38. The standard InChI is InChI=1S/C12H24N2O/c1-9(2)8-14(4)12(15)11-5-6-13-10(3)7-11/h9-11,13H,5-8H2,1-4H3/t10-,11-/m0/s1. The maximum absolute atomic E-state index is 12.1. The van der Waals surface area contributed by atoms with Crippen molar-refractivity contribution in [3.63, 3.8) is 0 Å². The summed E-state index contributed by atoms with van der Waals surface area (Å²) >= 11 is 0. The molecular formula is C12H24N2O. The summed E-state index contributed by atoms with van der Waals surface area (Å²) < 4.78 is 0. The van der Waals surface area contributed by atoms with Gasteiger partial charge >= 0.3 is 0 Å². The summed E-state index contributed by atoms with van der Waals surface area (Å²) in [6, 6.07) is 0.486. The molecule has 0 saturated carbocycles. The first kappa shape index (κ1) is 12.5. The Hall–Kier alpha value is -0.570. The van der Waals surface area contributed by atoms with E-state index in [1.54, 1.807) is 0 Å². The molecule has 0 spiro atoms. The molecule has 1 heterocycles. The fourth-order valence-corrected chi connectivity index (χ4v) is 2.31. The van der Waals surface area contributed by atoms with E-state index in [0.29, 0.717) is 17.9 Å². The van der Waals surface area contributed by atoms with Crippen molar-refractivity contribution in [2.75, 3.05) is 20.1 Å². The zero-order valence-corrected chi connectivity index (χ0v) is 10.4. The first-order valence-corrected chi connectivity index (χ1v) is 5.99. The van der Waals surface area contributed by atoms with Crippen LogP contribution in [0.1, 0.15) is 33.6 Å². The Labute approximate surface area is 93.2 Å². The monoisotopic (exact) mass is 212 g/mol. The Bertz CT molecular complexity index is 216. The van der Waals surface area contributed by atoms with Crippen molar-refractivity contribution in [1.29, 1.82) is 0 Å². The zero-order valence-electron chi connectivity index (χ0n) is 10.4. The Balaban J connectivity index is 2.44. The molecule has 0 aromatic heterocycles. The quantitative estimate of drug-likeness (QED) is 0.768. The van der Waals surface area contributed by atoms with Gasteiger partial charge in [-0.15, -0.1) is 0 Å². The van der Waals surface area contributed by atoms with Crippen molar-refractivity contribution in [2.24, 2.45) is 11.8 Å². The molecule has 1 aliphatic heterocycles. The molecule has 1 amide bonds. The normalized spacial score (nSPS) is 26.7. The average molecular weight is 212 g/mol. The minimum absolute atomic E-state index is 0.241. The number of hydrogen-bond acceptors (Lipinski definition) is 2. The van der Waals surface area contributed by atoms with Gasteiger partial charge in [-0.3, -0.25) is 4.79 Å². The van der Waals surface area contributed by atoms with Gasteiger partial charge in [0.15, 0.2) is 0 Å². The molecule has 15 heavy (non-hydrogen) atoms. The molecule has 1 rings (SSSR count). The maximum Gasteiger partial charge on any atom is 0.225 e. The predicted octanol–water partition coefficient (Wildman–Crippen LogP) is 1.49. The predicted molar refractivity (Wildman–Crippen MR) is 62.7 cm³/mol. The molecule has 88 valence electrons. The highest BCUT2D eigenvalue weighted by Gasteiger charge is 2.26. The summed E-state index contributed by atoms with van der Waals surface area (Å²) in [7, 11) is 1.93. The molecule has 0 unspecified atom stereocenters. The van der Waals surface area contributed by atoms with Gasteiger partial charge in [-0.25, -0.2) is 0 Å². The third-order valence-electron chi connectivity index (χ3n) is 2.99. The van der Waals surface area contributed by atoms with Gasteiger partial charge < -0.3 is 10.2 Å². The first-order valence-electron chi connectivity index (χ1n) is 5.99. The number of carbonyl (C=O) groups excluding carboxylic acids is 1. The van der Waals surface area contributed by atoms with Crippen LogP contribution >= 0.6 is 0 Å². The number of nitrogens with zero attached hydrogens (tertiary/aromatic N) is 1. The van der Waals surface area contributed by atoms with Crippen LogP contribution in [0.2, 0.25) is 0 Å². The lowest BCUT2D eigenvalue weighted by molar-refractivity contribution is -0.135. The molecule has 0 aliphatic carbocycles. The molecule has 1 aliphatic rings. The Kier molecular flexibility index (Phi) is 4.58. The van der Waals surface area contributed by atoms with E-state index >= 15 is 0 Å². The van der Waals surface area contributed by atoms with Gasteiger partial charge in [0.2, 0.25) is 5.91 Å². The number of rotatable bonds is 3. The van der Waals surface area contributed by atoms with Gasteiger partial charge in [0.25, 0.3) is 0 Å². The summed E-state index contributed by atoms with van der Waals surface area (Å²) in [6.45, 7) is 8.30. The second-order valence-corrected chi connectivity index (χ2v) is 5.19. The van der Waals surface area contributed by atoms with E-state index in [4.69, 9.17) is 0 Å². The van der Waals surface area contributed by atoms with E-state index in [-0.39, 0.29) is 5.92 Å². The van der Waals surface area contributed by atoms with Crippen LogP contribution in [0.4, 0.5) is 0 Å². The molecule has 0 aromatic rings. The fourth-order valence-electron chi connectivity index (χ4n) is 2.31. The Morgan fingerprint density at radius 2 is 2.20 bits per heavy atom. The van der Waals surface area contributed by atoms with Crippen LogP contribution in [0.5, 0.6) is 0 Å². The van der Waals surface area contributed by atoms with E-state index in [2.05, 4.69) is 26.1 Å². The minimum Gasteiger partial charge on any atom is -0.345 e. The van der Waals surface area contributed by atoms with E-state index in [1.807, 2.05) is 11.9 Å². The summed E-state index contributed by atoms with van der Waals surface area (Å²) in [5.41, 5.74) is 0. The van der Waals surface area contributed by atoms with Crippen molar-refractivity contribution in [3.05, 3.63) is 0 Å². The van der Waals surface area contributed by atoms with E-state index in [1.165, 1.54) is 0 Å². The highest BCUT2D eigenvalue weighted by atomic mass is 16.2. The largest absolute Gasteiger partial charge is 0.345 e. The molecule has 0 radical (unpaired) electrons. The lowest BCUT2D eigenvalue weighted by Gasteiger charge is -2.31. The number of amides is 1. The third kappa shape index (κ3) is 3.82. The van der Waals surface area contributed by atoms with Crippen molar-refractivity contribution in [1.82, 2.24) is 10.2 Å². The van der Waals surface area contributed by atoms with Gasteiger partial charge in [0.05, 0.1) is 0 Å².